The van der Waals surface area contributed by atoms with Crippen LogP contribution in [0.1, 0.15) is 21.1 Å². The Labute approximate surface area is 75.8 Å². The molecule has 0 aliphatic heterocycles. The van der Waals surface area contributed by atoms with E-state index in [1.165, 1.54) is 0 Å². The fourth-order valence-electron chi connectivity index (χ4n) is 0.662. The summed E-state index contributed by atoms with van der Waals surface area (Å²) in [4.78, 5) is 10.5. The first-order chi connectivity index (χ1) is 7.15. The summed E-state index contributed by atoms with van der Waals surface area (Å²) < 4.78 is 20.3. The van der Waals surface area contributed by atoms with Crippen LogP contribution >= 0.6 is 0 Å². The van der Waals surface area contributed by atoms with Gasteiger partial charge in [0.25, 0.3) is 0 Å². The lowest BCUT2D eigenvalue weighted by Gasteiger charge is -2.06. The van der Waals surface area contributed by atoms with Crippen molar-refractivity contribution < 1.29 is 14.1 Å². The molecule has 0 saturated carbocycles. The van der Waals surface area contributed by atoms with Gasteiger partial charge in [-0.3, -0.25) is 10.2 Å². The molecule has 0 aromatic rings. The molecule has 70 valence electrons. The second kappa shape index (κ2) is 5.54. The van der Waals surface area contributed by atoms with Crippen LogP contribution in [0.25, 0.3) is 0 Å². The van der Waals surface area contributed by atoms with Crippen molar-refractivity contribution in [1.82, 2.24) is 5.32 Å². The SMILES string of the molecule is [2H]CC(=N[2H])NCCCC(N[2H])C(=O)O. The van der Waals surface area contributed by atoms with Gasteiger partial charge in [-0.15, -0.1) is 0 Å². The van der Waals surface area contributed by atoms with Gasteiger partial charge in [-0.2, -0.15) is 0 Å². The molecule has 1 unspecified atom stereocenters. The Bertz CT molecular complexity index is 226. The van der Waals surface area contributed by atoms with Gasteiger partial charge in [0.2, 0.25) is 0 Å². The van der Waals surface area contributed by atoms with Gasteiger partial charge in [0.15, 0.2) is 1.41 Å². The molecule has 0 aromatic carbocycles. The molecule has 0 aliphatic rings. The van der Waals surface area contributed by atoms with Crippen molar-refractivity contribution in [3.8, 4) is 0 Å². The van der Waals surface area contributed by atoms with Gasteiger partial charge in [-0.25, -0.2) is 0 Å². The van der Waals surface area contributed by atoms with Gasteiger partial charge in [0, 0.05) is 7.92 Å². The molecule has 0 heterocycles. The molecule has 12 heavy (non-hydrogen) atoms. The first-order valence-electron chi connectivity index (χ1n) is 5.25. The molecule has 1 atom stereocenters. The van der Waals surface area contributed by atoms with Crippen molar-refractivity contribution in [1.29, 1.82) is 5.40 Å². The number of rotatable bonds is 6. The lowest BCUT2D eigenvalue weighted by molar-refractivity contribution is -0.138. The number of nitrogens with two attached hydrogens (primary N) is 1. The van der Waals surface area contributed by atoms with Gasteiger partial charge in [0.05, 0.1) is 5.84 Å². The molecule has 0 rings (SSSR count). The van der Waals surface area contributed by atoms with Crippen molar-refractivity contribution in [3.05, 3.63) is 0 Å². The van der Waals surface area contributed by atoms with E-state index < -0.39 is 12.0 Å². The molecular weight excluding hydrogens is 158 g/mol. The average molecular weight is 176 g/mol. The predicted molar refractivity (Wildman–Crippen MR) is 46.2 cm³/mol. The predicted octanol–water partition coefficient (Wildman–Crippen LogP) is -0.235. The van der Waals surface area contributed by atoms with E-state index >= 15 is 0 Å². The Morgan fingerprint density at radius 3 is 3.42 bits per heavy atom. The Hall–Kier alpha value is -1.10. The van der Waals surface area contributed by atoms with Gasteiger partial charge in [0.1, 0.15) is 7.45 Å². The van der Waals surface area contributed by atoms with Gasteiger partial charge in [-0.1, -0.05) is 0 Å². The summed E-state index contributed by atoms with van der Waals surface area (Å²) in [6.45, 7) is 0.352. The molecule has 0 saturated heterocycles. The summed E-state index contributed by atoms with van der Waals surface area (Å²) in [5.41, 5.74) is 1.94. The van der Waals surface area contributed by atoms with E-state index in [9.17, 15) is 4.79 Å². The van der Waals surface area contributed by atoms with Crippen molar-refractivity contribution >= 4 is 11.8 Å². The highest BCUT2D eigenvalue weighted by Crippen LogP contribution is 1.92. The largest absolute Gasteiger partial charge is 0.480 e. The standard InChI is InChI=1S/C7H15N3O2/c1-5(8)10-4-2-3-6(9)7(11)12/h6H,2-4,9H2,1H3,(H2,8,10)(H,11,12)/i1D/hD2. The lowest BCUT2D eigenvalue weighted by Crippen LogP contribution is -2.31. The molecule has 0 amide bonds. The zero-order valence-electron chi connectivity index (χ0n) is 9.71. The summed E-state index contributed by atoms with van der Waals surface area (Å²) in [5.74, 6) is -0.805. The molecule has 0 radical (unpaired) electrons. The summed E-state index contributed by atoms with van der Waals surface area (Å²) in [6, 6.07) is -0.876. The van der Waals surface area contributed by atoms with Crippen LogP contribution in [0.15, 0.2) is 0 Å². The van der Waals surface area contributed by atoms with E-state index in [1.807, 2.05) is 5.73 Å². The van der Waals surface area contributed by atoms with E-state index in [1.54, 1.807) is 0 Å². The Balaban J connectivity index is 3.65. The summed E-state index contributed by atoms with van der Waals surface area (Å²) in [6.07, 6.45) is 0.844. The van der Waals surface area contributed by atoms with Gasteiger partial charge in [-0.05, 0) is 19.7 Å². The minimum Gasteiger partial charge on any atom is -0.480 e. The molecule has 5 nitrogen and oxygen atoms in total. The number of amidine groups is 1. The molecule has 5 N–H and O–H groups in total. The van der Waals surface area contributed by atoms with Crippen LogP contribution in [-0.4, -0.2) is 29.5 Å². The van der Waals surface area contributed by atoms with Crippen LogP contribution in [0.2, 0.25) is 2.82 Å². The summed E-state index contributed by atoms with van der Waals surface area (Å²) in [7, 11) is 0. The minimum absolute atomic E-state index is 0.0947. The third-order valence-electron chi connectivity index (χ3n) is 1.30. The normalized spacial score (nSPS) is 17.3. The lowest BCUT2D eigenvalue weighted by atomic mass is 10.2. The Morgan fingerprint density at radius 2 is 2.92 bits per heavy atom. The third-order valence-corrected chi connectivity index (χ3v) is 1.30. The zero-order valence-corrected chi connectivity index (χ0v) is 6.71. The van der Waals surface area contributed by atoms with Crippen LogP contribution in [-0.2, 0) is 4.79 Å². The van der Waals surface area contributed by atoms with E-state index in [2.05, 4.69) is 10.7 Å². The maximum absolute atomic E-state index is 10.5. The van der Waals surface area contributed by atoms with Crippen molar-refractivity contribution in [3.63, 3.8) is 0 Å². The Morgan fingerprint density at radius 1 is 2.08 bits per heavy atom. The second-order valence-electron chi connectivity index (χ2n) is 2.41. The van der Waals surface area contributed by atoms with Crippen LogP contribution in [0.3, 0.4) is 0 Å². The number of nitrogens with one attached hydrogen (secondary N) is 2. The molecule has 0 aliphatic carbocycles. The quantitative estimate of drug-likeness (QED) is 0.255. The van der Waals surface area contributed by atoms with Crippen molar-refractivity contribution in [2.24, 2.45) is 5.73 Å². The smallest absolute Gasteiger partial charge is 0.320 e. The minimum atomic E-state index is -1.06. The number of carbonyl (C=O) groups is 1. The van der Waals surface area contributed by atoms with Crippen molar-refractivity contribution in [2.45, 2.75) is 25.8 Å². The third kappa shape index (κ3) is 5.67. The van der Waals surface area contributed by atoms with Crippen LogP contribution in [0.4, 0.5) is 0 Å². The fraction of sp³-hybridized carbons (Fsp3) is 0.714. The highest BCUT2D eigenvalue weighted by Gasteiger charge is 2.09. The van der Waals surface area contributed by atoms with E-state index in [-0.39, 0.29) is 12.7 Å². The number of carboxylic acid groups (broad SMARTS) is 1. The number of carboxylic acids is 1. The molecule has 0 bridgehead atoms. The van der Waals surface area contributed by atoms with Gasteiger partial charge < -0.3 is 16.2 Å². The molecule has 5 heteroatoms. The first kappa shape index (κ1) is 6.42. The topological polar surface area (TPSA) is 99.2 Å². The molecule has 0 aromatic heterocycles. The number of hydrogen-bond donors (Lipinski definition) is 4. The van der Waals surface area contributed by atoms with E-state index in [0.29, 0.717) is 19.4 Å². The van der Waals surface area contributed by atoms with E-state index in [4.69, 9.17) is 9.30 Å². The second-order valence-corrected chi connectivity index (χ2v) is 2.41. The van der Waals surface area contributed by atoms with Crippen LogP contribution in [0.5, 0.6) is 0 Å². The fourth-order valence-corrected chi connectivity index (χ4v) is 0.662. The van der Waals surface area contributed by atoms with Crippen LogP contribution in [0, 0.1) is 5.40 Å². The van der Waals surface area contributed by atoms with E-state index in [0.717, 1.165) is 0 Å². The average Bonchev–Trinajstić information content (AvgIpc) is 2.23. The number of aliphatic carboxylic acids is 1. The zero-order chi connectivity index (χ0) is 11.7. The highest BCUT2D eigenvalue weighted by molar-refractivity contribution is 5.75. The Kier molecular flexibility index (Phi) is 2.96. The molecular formula is C7H15N3O2. The molecule has 0 spiro atoms. The van der Waals surface area contributed by atoms with Crippen molar-refractivity contribution in [2.75, 3.05) is 6.54 Å². The van der Waals surface area contributed by atoms with Crippen LogP contribution < -0.4 is 11.0 Å². The monoisotopic (exact) mass is 176 g/mol. The molecule has 0 fully saturated rings. The maximum Gasteiger partial charge on any atom is 0.320 e. The first-order valence-corrected chi connectivity index (χ1v) is 3.59. The van der Waals surface area contributed by atoms with Gasteiger partial charge >= 0.3 is 5.97 Å². The summed E-state index contributed by atoms with van der Waals surface area (Å²) in [5, 5.41) is 14.4. The maximum atomic E-state index is 10.5. The number of hydrogen-bond acceptors (Lipinski definition) is 3. The highest BCUT2D eigenvalue weighted by atomic mass is 16.4. The summed E-state index contributed by atoms with van der Waals surface area (Å²) >= 11 is 0.